The third-order valence-electron chi connectivity index (χ3n) is 18.1. The van der Waals surface area contributed by atoms with Crippen LogP contribution in [0.1, 0.15) is 291 Å². The molecular weight excluding hydrogens is 1260 g/mol. The number of Topliss-reactive ketones (excluding diaryl/α,β-unsaturated/α-hetero) is 1. The molecule has 2 aliphatic heterocycles. The normalized spacial score (nSPS) is 21.5. The first-order valence-electron chi connectivity index (χ1n) is 38.4. The molecule has 2 rings (SSSR count). The van der Waals surface area contributed by atoms with Crippen molar-refractivity contribution in [2.24, 2.45) is 0 Å². The molecule has 11 atom stereocenters. The van der Waals surface area contributed by atoms with Crippen molar-refractivity contribution >= 4 is 31.6 Å². The van der Waals surface area contributed by atoms with E-state index in [4.69, 9.17) is 56.2 Å². The van der Waals surface area contributed by atoms with Crippen LogP contribution in [0, 0.1) is 0 Å². The summed E-state index contributed by atoms with van der Waals surface area (Å²) in [6, 6.07) is -2.03. The van der Waals surface area contributed by atoms with E-state index in [2.05, 4.69) is 70.2 Å². The zero-order valence-corrected chi connectivity index (χ0v) is 62.9. The van der Waals surface area contributed by atoms with Crippen molar-refractivity contribution < 1.29 is 79.9 Å². The maximum absolute atomic E-state index is 14.7. The molecule has 0 spiro atoms. The van der Waals surface area contributed by atoms with Crippen molar-refractivity contribution in [3.05, 3.63) is 50.1 Å². The van der Waals surface area contributed by atoms with Gasteiger partial charge in [-0.25, -0.2) is 9.36 Å². The Hall–Kier alpha value is -3.33. The number of ether oxygens (including phenoxy) is 9. The summed E-state index contributed by atoms with van der Waals surface area (Å²) in [4.78, 5) is 55.7. The summed E-state index contributed by atoms with van der Waals surface area (Å²) in [6.45, 7) is 21.3. The highest BCUT2D eigenvalue weighted by atomic mass is 31.2. The highest BCUT2D eigenvalue weighted by molar-refractivity contribution is 7.48. The monoisotopic (exact) mass is 1390 g/mol. The van der Waals surface area contributed by atoms with Gasteiger partial charge in [0.05, 0.1) is 51.1 Å². The third-order valence-corrected chi connectivity index (χ3v) is 19.5. The van der Waals surface area contributed by atoms with E-state index in [-0.39, 0.29) is 76.9 Å². The van der Waals surface area contributed by atoms with Gasteiger partial charge >= 0.3 is 14.0 Å². The molecule has 0 bridgehead atoms. The fourth-order valence-electron chi connectivity index (χ4n) is 12.5. The van der Waals surface area contributed by atoms with Crippen LogP contribution in [0.25, 0.3) is 0 Å². The predicted molar refractivity (Wildman–Crippen MR) is 388 cm³/mol. The Morgan fingerprint density at radius 3 is 1.52 bits per heavy atom. The number of hydrogen-bond acceptors (Lipinski definition) is 17. The van der Waals surface area contributed by atoms with Crippen LogP contribution in [-0.2, 0) is 75.2 Å². The van der Waals surface area contributed by atoms with Crippen LogP contribution in [0.4, 0.5) is 4.79 Å². The van der Waals surface area contributed by atoms with Gasteiger partial charge in [-0.15, -0.1) is 13.2 Å². The first-order chi connectivity index (χ1) is 47.3. The number of hydrogen-bond donors (Lipinski definition) is 2. The van der Waals surface area contributed by atoms with Crippen LogP contribution in [0.3, 0.4) is 0 Å². The molecule has 2 amide bonds. The molecule has 20 heteroatoms. The van der Waals surface area contributed by atoms with Crippen LogP contribution in [0.15, 0.2) is 50.1 Å². The fourth-order valence-corrected chi connectivity index (χ4v) is 13.8. The van der Waals surface area contributed by atoms with E-state index in [0.29, 0.717) is 32.1 Å². The van der Waals surface area contributed by atoms with Gasteiger partial charge in [-0.2, -0.15) is 0 Å². The van der Waals surface area contributed by atoms with Gasteiger partial charge in [-0.1, -0.05) is 244 Å². The number of rotatable bonds is 66. The Labute approximate surface area is 588 Å². The van der Waals surface area contributed by atoms with Gasteiger partial charge < -0.3 is 53.3 Å². The first kappa shape index (κ1) is 89.8. The molecule has 2 fully saturated rings. The number of nitrogens with one attached hydrogen (secondary N) is 2. The topological polar surface area (TPSA) is 220 Å². The average Bonchev–Trinajstić information content (AvgIpc) is 0.787. The van der Waals surface area contributed by atoms with Crippen molar-refractivity contribution in [1.29, 1.82) is 0 Å². The summed E-state index contributed by atoms with van der Waals surface area (Å²) >= 11 is 0. The number of methoxy groups -OCH3 is 2. The molecule has 0 unspecified atom stereocenters. The lowest BCUT2D eigenvalue weighted by Gasteiger charge is -2.48. The number of allylic oxidation sites excluding steroid dienone is 2. The van der Waals surface area contributed by atoms with Crippen LogP contribution < -0.4 is 10.6 Å². The van der Waals surface area contributed by atoms with Gasteiger partial charge in [0, 0.05) is 40.3 Å². The Morgan fingerprint density at radius 1 is 0.495 bits per heavy atom. The molecule has 0 aromatic rings. The Bertz CT molecular complexity index is 2070. The molecule has 19 nitrogen and oxygen atoms in total. The van der Waals surface area contributed by atoms with E-state index in [0.717, 1.165) is 135 Å². The number of phosphoric ester groups is 1. The zero-order valence-electron chi connectivity index (χ0n) is 62.0. The Morgan fingerprint density at radius 2 is 0.969 bits per heavy atom. The van der Waals surface area contributed by atoms with E-state index in [1.165, 1.54) is 102 Å². The number of amides is 2. The summed E-state index contributed by atoms with van der Waals surface area (Å²) in [5.74, 6) is -0.957. The molecule has 0 aromatic heterocycles. The summed E-state index contributed by atoms with van der Waals surface area (Å²) in [7, 11) is -1.28. The molecule has 2 N–H and O–H groups in total. The predicted octanol–water partition coefficient (Wildman–Crippen LogP) is 18.3. The van der Waals surface area contributed by atoms with E-state index in [1.54, 1.807) is 14.0 Å². The van der Waals surface area contributed by atoms with Crippen LogP contribution >= 0.6 is 7.82 Å². The number of ketones is 1. The van der Waals surface area contributed by atoms with Crippen LogP contribution in [0.2, 0.25) is 0 Å². The summed E-state index contributed by atoms with van der Waals surface area (Å²) in [6.07, 6.45) is 38.4. The van der Waals surface area contributed by atoms with Crippen LogP contribution in [0.5, 0.6) is 0 Å². The number of carbonyl (C=O) groups is 4. The second-order valence-corrected chi connectivity index (χ2v) is 28.3. The van der Waals surface area contributed by atoms with Gasteiger partial charge in [0.25, 0.3) is 0 Å². The smallest absolute Gasteiger partial charge is 0.430 e. The quantitative estimate of drug-likeness (QED) is 0.0190. The van der Waals surface area contributed by atoms with Crippen molar-refractivity contribution in [2.45, 2.75) is 359 Å². The molecule has 2 heterocycles. The summed E-state index contributed by atoms with van der Waals surface area (Å²) in [5, 5.41) is 6.27. The lowest BCUT2D eigenvalue weighted by molar-refractivity contribution is -0.290. The van der Waals surface area contributed by atoms with E-state index < -0.39 is 81.0 Å². The third kappa shape index (κ3) is 42.6. The van der Waals surface area contributed by atoms with Gasteiger partial charge in [-0.3, -0.25) is 28.0 Å². The molecule has 0 aliphatic carbocycles. The fraction of sp³-hybridized carbons (Fsp3) is 0.844. The molecule has 0 radical (unpaired) electrons. The van der Waals surface area contributed by atoms with E-state index in [9.17, 15) is 23.7 Å². The van der Waals surface area contributed by atoms with Gasteiger partial charge in [-0.05, 0) is 64.7 Å². The Kier molecular flexibility index (Phi) is 55.8. The molecule has 564 valence electrons. The highest BCUT2D eigenvalue weighted by Crippen LogP contribution is 2.52. The zero-order chi connectivity index (χ0) is 70.8. The number of carbonyl (C=O) groups excluding carboxylic acids is 4. The lowest BCUT2D eigenvalue weighted by Crippen LogP contribution is -2.67. The van der Waals surface area contributed by atoms with E-state index in [1.807, 2.05) is 0 Å². The minimum atomic E-state index is -4.46. The maximum Gasteiger partial charge on any atom is 0.509 e. The van der Waals surface area contributed by atoms with Gasteiger partial charge in [0.1, 0.15) is 49.0 Å². The summed E-state index contributed by atoms with van der Waals surface area (Å²) < 4.78 is 90.3. The van der Waals surface area contributed by atoms with Crippen molar-refractivity contribution in [3.63, 3.8) is 0 Å². The SMILES string of the molecule is C=CCOC(=O)O[C@H]1[C@H](OCCCCCCCCCC)[C@@H](NC(=O)CC(=O)CCCCCCCCCCC)[C@@H](C)O[C@@H]1CO[C@@H]1O[C@H](COC)[C@@H](OP(=O)(OCC=C)OCC=C)[C@H](OCC[C@@H](CCCCCCC)OC)[C@H]1NC(=O)CCCCCCCCCC=CCCCCCC. The standard InChI is InChI=1S/C77H139N2O17P/c1-11-18-22-26-29-32-33-34-35-36-37-39-41-45-49-53-68(81)78-71-75(88-59-54-65(86-10)52-48-43-25-21-14-4)73(96-97(84,91-56-16-6)92-57-17-7)66(61-85-9)94-76(71)90-62-67-72(95-77(83)89-55-15-5)74(87-58-50-46-42-31-28-24-20-13-3)70(63(8)93-67)79-69(82)60-64(80)51-47-44-40-38-30-27-23-19-12-2/h15-17,32-33,63,65-67,70-76H,5-7,11-14,18-31,34-62H2,1-4,8-10H3,(H,78,81)(H,79,82)/t63-,65-,66-,67-,70+,71-,72-,73-,74-,75-,76-/m1/s1. The largest absolute Gasteiger partial charge is 0.509 e. The van der Waals surface area contributed by atoms with Crippen molar-refractivity contribution in [3.8, 4) is 0 Å². The highest BCUT2D eigenvalue weighted by Gasteiger charge is 2.54. The molecular formula is C77H139N2O17P. The lowest BCUT2D eigenvalue weighted by atomic mass is 9.92. The first-order valence-corrected chi connectivity index (χ1v) is 39.9. The molecule has 0 aromatic carbocycles. The maximum atomic E-state index is 14.7. The van der Waals surface area contributed by atoms with Crippen LogP contribution in [-0.4, -0.2) is 151 Å². The molecule has 0 saturated carbocycles. The minimum absolute atomic E-state index is 0.124. The van der Waals surface area contributed by atoms with Gasteiger partial charge in [0.15, 0.2) is 12.4 Å². The van der Waals surface area contributed by atoms with Crippen molar-refractivity contribution in [1.82, 2.24) is 10.6 Å². The molecule has 2 aliphatic rings. The second kappa shape index (κ2) is 60.3. The molecule has 97 heavy (non-hydrogen) atoms. The Balaban J connectivity index is 2.65. The van der Waals surface area contributed by atoms with Crippen molar-refractivity contribution in [2.75, 3.05) is 60.5 Å². The van der Waals surface area contributed by atoms with Gasteiger partial charge in [0.2, 0.25) is 11.8 Å². The second-order valence-electron chi connectivity index (χ2n) is 26.6. The number of unbranched alkanes of at least 4 members (excludes halogenated alkanes) is 30. The number of phosphoric acid groups is 1. The molecule has 2 saturated heterocycles. The summed E-state index contributed by atoms with van der Waals surface area (Å²) in [5.41, 5.74) is 0. The average molecular weight is 1400 g/mol. The minimum Gasteiger partial charge on any atom is -0.430 e. The van der Waals surface area contributed by atoms with E-state index >= 15 is 0 Å².